The number of hydrogen-bond acceptors (Lipinski definition) is 3. The first-order chi connectivity index (χ1) is 10.4. The van der Waals surface area contributed by atoms with Crippen molar-refractivity contribution in [2.75, 3.05) is 13.1 Å². The number of nitrogens with zero attached hydrogens (tertiary/aromatic N) is 1. The van der Waals surface area contributed by atoms with Crippen molar-refractivity contribution < 1.29 is 0 Å². The molecule has 21 heavy (non-hydrogen) atoms. The Hall–Kier alpha value is -1.16. The summed E-state index contributed by atoms with van der Waals surface area (Å²) in [4.78, 5) is 4.10. The normalized spacial score (nSPS) is 21.3. The van der Waals surface area contributed by atoms with Crippen LogP contribution in [0.1, 0.15) is 35.6 Å². The van der Waals surface area contributed by atoms with Crippen molar-refractivity contribution >= 4 is 11.3 Å². The summed E-state index contributed by atoms with van der Waals surface area (Å²) in [5.41, 5.74) is 7.54. The minimum Gasteiger partial charge on any atom is -0.330 e. The number of rotatable bonds is 5. The minimum atomic E-state index is 0.481. The molecule has 2 atom stereocenters. The summed E-state index contributed by atoms with van der Waals surface area (Å²) in [6.07, 6.45) is 3.91. The third kappa shape index (κ3) is 3.54. The van der Waals surface area contributed by atoms with Gasteiger partial charge in [-0.3, -0.25) is 4.90 Å². The van der Waals surface area contributed by atoms with Gasteiger partial charge >= 0.3 is 0 Å². The van der Waals surface area contributed by atoms with Crippen molar-refractivity contribution in [1.29, 1.82) is 0 Å². The van der Waals surface area contributed by atoms with E-state index in [0.717, 1.165) is 13.1 Å². The summed E-state index contributed by atoms with van der Waals surface area (Å²) >= 11 is 1.85. The third-order valence-electron chi connectivity index (χ3n) is 4.52. The van der Waals surface area contributed by atoms with Crippen LogP contribution < -0.4 is 5.73 Å². The molecule has 0 spiro atoms. The van der Waals surface area contributed by atoms with Gasteiger partial charge in [0, 0.05) is 29.9 Å². The third-order valence-corrected chi connectivity index (χ3v) is 5.52. The average Bonchev–Trinajstić information content (AvgIpc) is 3.05. The molecule has 0 bridgehead atoms. The lowest BCUT2D eigenvalue weighted by atomic mass is 9.88. The molecule has 1 saturated heterocycles. The number of benzene rings is 1. The first-order valence-corrected chi connectivity index (χ1v) is 8.78. The summed E-state index contributed by atoms with van der Waals surface area (Å²) in [5.74, 6) is 0.481. The maximum Gasteiger partial charge on any atom is 0.0236 e. The molecule has 1 aromatic heterocycles. The molecule has 0 radical (unpaired) electrons. The van der Waals surface area contributed by atoms with E-state index in [1.165, 1.54) is 36.2 Å². The van der Waals surface area contributed by atoms with Gasteiger partial charge in [0.1, 0.15) is 0 Å². The lowest BCUT2D eigenvalue weighted by Gasteiger charge is -2.40. The van der Waals surface area contributed by atoms with Crippen LogP contribution in [0.25, 0.3) is 0 Å². The zero-order chi connectivity index (χ0) is 14.5. The van der Waals surface area contributed by atoms with E-state index in [9.17, 15) is 0 Å². The Kier molecular flexibility index (Phi) is 5.07. The van der Waals surface area contributed by atoms with E-state index in [-0.39, 0.29) is 0 Å². The Bertz CT molecular complexity index is 523. The van der Waals surface area contributed by atoms with Crippen molar-refractivity contribution in [3.8, 4) is 0 Å². The molecule has 0 amide bonds. The first kappa shape index (κ1) is 14.8. The molecular weight excluding hydrogens is 276 g/mol. The Labute approximate surface area is 131 Å². The van der Waals surface area contributed by atoms with Crippen molar-refractivity contribution in [3.05, 3.63) is 58.3 Å². The summed E-state index contributed by atoms with van der Waals surface area (Å²) in [5, 5.41) is 2.17. The quantitative estimate of drug-likeness (QED) is 0.909. The van der Waals surface area contributed by atoms with Gasteiger partial charge in [0.2, 0.25) is 0 Å². The van der Waals surface area contributed by atoms with E-state index in [4.69, 9.17) is 5.73 Å². The fourth-order valence-corrected chi connectivity index (χ4v) is 4.35. The molecule has 2 aromatic rings. The summed E-state index contributed by atoms with van der Waals surface area (Å²) in [6, 6.07) is 15.8. The van der Waals surface area contributed by atoms with Gasteiger partial charge in [-0.15, -0.1) is 11.3 Å². The molecule has 0 saturated carbocycles. The zero-order valence-corrected chi connectivity index (χ0v) is 13.3. The molecule has 0 aliphatic carbocycles. The fraction of sp³-hybridized carbons (Fsp3) is 0.444. The largest absolute Gasteiger partial charge is 0.330 e. The van der Waals surface area contributed by atoms with E-state index in [1.807, 2.05) is 11.3 Å². The number of piperidine rings is 1. The molecule has 1 aliphatic rings. The van der Waals surface area contributed by atoms with Gasteiger partial charge in [-0.25, -0.2) is 0 Å². The van der Waals surface area contributed by atoms with Crippen molar-refractivity contribution in [2.45, 2.75) is 37.8 Å². The monoisotopic (exact) mass is 300 g/mol. The van der Waals surface area contributed by atoms with Crippen LogP contribution in [0.5, 0.6) is 0 Å². The molecule has 1 fully saturated rings. The van der Waals surface area contributed by atoms with Gasteiger partial charge in [0.05, 0.1) is 0 Å². The Morgan fingerprint density at radius 1 is 1.14 bits per heavy atom. The highest BCUT2D eigenvalue weighted by molar-refractivity contribution is 7.10. The van der Waals surface area contributed by atoms with E-state index >= 15 is 0 Å². The van der Waals surface area contributed by atoms with E-state index in [0.29, 0.717) is 12.0 Å². The highest BCUT2D eigenvalue weighted by Crippen LogP contribution is 2.33. The zero-order valence-electron chi connectivity index (χ0n) is 12.4. The Morgan fingerprint density at radius 2 is 2.00 bits per heavy atom. The lowest BCUT2D eigenvalue weighted by Crippen LogP contribution is -2.44. The minimum absolute atomic E-state index is 0.481. The van der Waals surface area contributed by atoms with Crippen molar-refractivity contribution in [2.24, 2.45) is 5.73 Å². The first-order valence-electron chi connectivity index (χ1n) is 7.90. The highest BCUT2D eigenvalue weighted by atomic mass is 32.1. The van der Waals surface area contributed by atoms with E-state index < -0.39 is 0 Å². The smallest absolute Gasteiger partial charge is 0.0236 e. The van der Waals surface area contributed by atoms with E-state index in [2.05, 4.69) is 52.7 Å². The van der Waals surface area contributed by atoms with Gasteiger partial charge in [0.15, 0.2) is 0 Å². The summed E-state index contributed by atoms with van der Waals surface area (Å²) in [6.45, 7) is 2.99. The van der Waals surface area contributed by atoms with Crippen LogP contribution in [0, 0.1) is 0 Å². The molecule has 1 aliphatic heterocycles. The molecule has 1 aromatic carbocycles. The predicted molar refractivity (Wildman–Crippen MR) is 90.6 cm³/mol. The SMILES string of the molecule is NCC(c1cccs1)C1CCCCN1Cc1ccccc1. The second-order valence-electron chi connectivity index (χ2n) is 5.88. The maximum atomic E-state index is 6.13. The fourth-order valence-electron chi connectivity index (χ4n) is 3.45. The van der Waals surface area contributed by atoms with Crippen LogP contribution in [-0.2, 0) is 6.54 Å². The standard InChI is InChI=1S/C18H24N2S/c19-13-16(18-10-6-12-21-18)17-9-4-5-11-20(17)14-15-7-2-1-3-8-15/h1-3,6-8,10,12,16-17H,4-5,9,11,13-14,19H2. The average molecular weight is 300 g/mol. The molecule has 2 N–H and O–H groups in total. The molecule has 2 heterocycles. The van der Waals surface area contributed by atoms with Gasteiger partial charge in [-0.1, -0.05) is 42.8 Å². The van der Waals surface area contributed by atoms with Gasteiger partial charge in [-0.2, -0.15) is 0 Å². The van der Waals surface area contributed by atoms with Crippen LogP contribution in [0.15, 0.2) is 47.8 Å². The van der Waals surface area contributed by atoms with Gasteiger partial charge < -0.3 is 5.73 Å². The van der Waals surface area contributed by atoms with Crippen molar-refractivity contribution in [3.63, 3.8) is 0 Å². The van der Waals surface area contributed by atoms with Crippen LogP contribution in [-0.4, -0.2) is 24.0 Å². The molecule has 112 valence electrons. The second kappa shape index (κ2) is 7.21. The van der Waals surface area contributed by atoms with Gasteiger partial charge in [-0.05, 0) is 36.4 Å². The number of likely N-dealkylation sites (tertiary alicyclic amines) is 1. The van der Waals surface area contributed by atoms with E-state index in [1.54, 1.807) is 0 Å². The van der Waals surface area contributed by atoms with Crippen LogP contribution >= 0.6 is 11.3 Å². The van der Waals surface area contributed by atoms with Crippen LogP contribution in [0.2, 0.25) is 0 Å². The maximum absolute atomic E-state index is 6.13. The van der Waals surface area contributed by atoms with Crippen LogP contribution in [0.4, 0.5) is 0 Å². The Morgan fingerprint density at radius 3 is 2.71 bits per heavy atom. The second-order valence-corrected chi connectivity index (χ2v) is 6.86. The topological polar surface area (TPSA) is 29.3 Å². The molecule has 2 unspecified atom stereocenters. The summed E-state index contributed by atoms with van der Waals surface area (Å²) < 4.78 is 0. The predicted octanol–water partition coefficient (Wildman–Crippen LogP) is 3.85. The number of hydrogen-bond donors (Lipinski definition) is 1. The molecule has 3 rings (SSSR count). The summed E-state index contributed by atoms with van der Waals surface area (Å²) in [7, 11) is 0. The molecular formula is C18H24N2S. The lowest BCUT2D eigenvalue weighted by molar-refractivity contribution is 0.120. The van der Waals surface area contributed by atoms with Gasteiger partial charge in [0.25, 0.3) is 0 Å². The molecule has 2 nitrogen and oxygen atoms in total. The highest BCUT2D eigenvalue weighted by Gasteiger charge is 2.30. The van der Waals surface area contributed by atoms with Crippen LogP contribution in [0.3, 0.4) is 0 Å². The molecule has 3 heteroatoms. The number of thiophene rings is 1. The number of nitrogens with two attached hydrogens (primary N) is 1. The Balaban J connectivity index is 1.77. The van der Waals surface area contributed by atoms with Crippen molar-refractivity contribution in [1.82, 2.24) is 4.90 Å².